The zero-order chi connectivity index (χ0) is 12.0. The Morgan fingerprint density at radius 1 is 1.31 bits per heavy atom. The first-order valence-electron chi connectivity index (χ1n) is 5.41. The molecule has 1 fully saturated rings. The minimum atomic E-state index is -2.76. The summed E-state index contributed by atoms with van der Waals surface area (Å²) in [5, 5.41) is 0. The molecule has 3 nitrogen and oxygen atoms in total. The van der Waals surface area contributed by atoms with Crippen LogP contribution in [0.15, 0.2) is 36.5 Å². The van der Waals surface area contributed by atoms with Crippen LogP contribution in [0.3, 0.4) is 0 Å². The van der Waals surface area contributed by atoms with Gasteiger partial charge in [0.1, 0.15) is 0 Å². The van der Waals surface area contributed by atoms with E-state index >= 15 is 0 Å². The standard InChI is InChI=1S/C12H19NO2S/c1-3-4-5-6-12(2)11-13-7-9-16(14,15)10-8-13/h3-6H,1,7-11H2,2H3/b5-4-,12-6+. The second-order valence-corrected chi connectivity index (χ2v) is 6.37. The van der Waals surface area contributed by atoms with Gasteiger partial charge in [0.05, 0.1) is 11.5 Å². The first kappa shape index (κ1) is 13.2. The molecule has 0 atom stereocenters. The van der Waals surface area contributed by atoms with Gasteiger partial charge < -0.3 is 0 Å². The molecule has 0 N–H and O–H groups in total. The van der Waals surface area contributed by atoms with E-state index in [1.807, 2.05) is 18.2 Å². The van der Waals surface area contributed by atoms with Gasteiger partial charge in [-0.3, -0.25) is 4.90 Å². The van der Waals surface area contributed by atoms with Crippen molar-refractivity contribution in [3.63, 3.8) is 0 Å². The van der Waals surface area contributed by atoms with Crippen LogP contribution >= 0.6 is 0 Å². The van der Waals surface area contributed by atoms with Gasteiger partial charge in [0.25, 0.3) is 0 Å². The molecule has 1 rings (SSSR count). The Kier molecular flexibility index (Phi) is 4.96. The normalized spacial score (nSPS) is 22.4. The monoisotopic (exact) mass is 241 g/mol. The Labute approximate surface area is 98.1 Å². The van der Waals surface area contributed by atoms with E-state index in [0.29, 0.717) is 24.6 Å². The number of nitrogens with zero attached hydrogens (tertiary/aromatic N) is 1. The number of hydrogen-bond donors (Lipinski definition) is 0. The second-order valence-electron chi connectivity index (χ2n) is 4.06. The lowest BCUT2D eigenvalue weighted by Crippen LogP contribution is -2.40. The van der Waals surface area contributed by atoms with Crippen molar-refractivity contribution >= 4 is 9.84 Å². The lowest BCUT2D eigenvalue weighted by molar-refractivity contribution is 0.320. The molecular formula is C12H19NO2S. The van der Waals surface area contributed by atoms with Gasteiger partial charge in [0.15, 0.2) is 9.84 Å². The summed E-state index contributed by atoms with van der Waals surface area (Å²) in [5.74, 6) is 0.589. The van der Waals surface area contributed by atoms with Gasteiger partial charge in [-0.05, 0) is 6.92 Å². The lowest BCUT2D eigenvalue weighted by Gasteiger charge is -2.26. The summed E-state index contributed by atoms with van der Waals surface area (Å²) in [6, 6.07) is 0. The summed E-state index contributed by atoms with van der Waals surface area (Å²) < 4.78 is 22.5. The summed E-state index contributed by atoms with van der Waals surface area (Å²) in [6.45, 7) is 7.80. The zero-order valence-corrected chi connectivity index (χ0v) is 10.5. The third-order valence-electron chi connectivity index (χ3n) is 2.54. The quantitative estimate of drug-likeness (QED) is 0.698. The van der Waals surface area contributed by atoms with Gasteiger partial charge in [0.2, 0.25) is 0 Å². The summed E-state index contributed by atoms with van der Waals surface area (Å²) in [6.07, 6.45) is 7.59. The Morgan fingerprint density at radius 3 is 2.50 bits per heavy atom. The van der Waals surface area contributed by atoms with Gasteiger partial charge in [0, 0.05) is 19.6 Å². The number of sulfone groups is 1. The van der Waals surface area contributed by atoms with Gasteiger partial charge in [-0.15, -0.1) is 0 Å². The minimum absolute atomic E-state index is 0.294. The first-order valence-corrected chi connectivity index (χ1v) is 7.23. The number of allylic oxidation sites excluding steroid dienone is 4. The number of hydrogen-bond acceptors (Lipinski definition) is 3. The van der Waals surface area contributed by atoms with Crippen LogP contribution in [0, 0.1) is 0 Å². The largest absolute Gasteiger partial charge is 0.297 e. The fourth-order valence-corrected chi connectivity index (χ4v) is 2.89. The maximum Gasteiger partial charge on any atom is 0.152 e. The molecule has 0 aromatic rings. The molecule has 1 saturated heterocycles. The molecule has 0 saturated carbocycles. The van der Waals surface area contributed by atoms with Crippen LogP contribution in [0.2, 0.25) is 0 Å². The third-order valence-corrected chi connectivity index (χ3v) is 4.15. The van der Waals surface area contributed by atoms with E-state index in [4.69, 9.17) is 0 Å². The third kappa shape index (κ3) is 4.77. The molecule has 4 heteroatoms. The number of rotatable bonds is 4. The molecule has 0 amide bonds. The lowest BCUT2D eigenvalue weighted by atomic mass is 10.2. The SMILES string of the molecule is C=C/C=C\C=C(/C)CN1CCS(=O)(=O)CC1. The van der Waals surface area contributed by atoms with E-state index in [2.05, 4.69) is 18.4 Å². The Morgan fingerprint density at radius 2 is 1.94 bits per heavy atom. The van der Waals surface area contributed by atoms with Crippen molar-refractivity contribution in [3.05, 3.63) is 36.5 Å². The summed E-state index contributed by atoms with van der Waals surface area (Å²) in [5.41, 5.74) is 1.23. The highest BCUT2D eigenvalue weighted by molar-refractivity contribution is 7.91. The fourth-order valence-electron chi connectivity index (χ4n) is 1.61. The predicted molar refractivity (Wildman–Crippen MR) is 68.2 cm³/mol. The van der Waals surface area contributed by atoms with E-state index in [1.54, 1.807) is 6.08 Å². The molecule has 1 heterocycles. The van der Waals surface area contributed by atoms with Crippen LogP contribution in [0.1, 0.15) is 6.92 Å². The highest BCUT2D eigenvalue weighted by Gasteiger charge is 2.20. The van der Waals surface area contributed by atoms with Gasteiger partial charge >= 0.3 is 0 Å². The van der Waals surface area contributed by atoms with E-state index < -0.39 is 9.84 Å². The van der Waals surface area contributed by atoms with Gasteiger partial charge in [-0.1, -0.05) is 36.5 Å². The molecule has 1 aliphatic rings. The zero-order valence-electron chi connectivity index (χ0n) is 9.72. The minimum Gasteiger partial charge on any atom is -0.297 e. The molecule has 0 bridgehead atoms. The summed E-state index contributed by atoms with van der Waals surface area (Å²) >= 11 is 0. The van der Waals surface area contributed by atoms with Crippen molar-refractivity contribution in [2.24, 2.45) is 0 Å². The Hall–Kier alpha value is -0.870. The Balaban J connectivity index is 2.42. The molecular weight excluding hydrogens is 222 g/mol. The maximum atomic E-state index is 11.2. The van der Waals surface area contributed by atoms with Gasteiger partial charge in [-0.2, -0.15) is 0 Å². The average molecular weight is 241 g/mol. The molecule has 90 valence electrons. The van der Waals surface area contributed by atoms with Crippen LogP contribution < -0.4 is 0 Å². The molecule has 0 unspecified atom stereocenters. The van der Waals surface area contributed by atoms with Gasteiger partial charge in [-0.25, -0.2) is 8.42 Å². The molecule has 16 heavy (non-hydrogen) atoms. The van der Waals surface area contributed by atoms with Crippen molar-refractivity contribution in [1.29, 1.82) is 0 Å². The molecule has 0 aromatic heterocycles. The predicted octanol–water partition coefficient (Wildman–Crippen LogP) is 1.41. The molecule has 0 radical (unpaired) electrons. The van der Waals surface area contributed by atoms with Crippen LogP contribution in [-0.4, -0.2) is 44.5 Å². The fraction of sp³-hybridized carbons (Fsp3) is 0.500. The highest BCUT2D eigenvalue weighted by atomic mass is 32.2. The highest BCUT2D eigenvalue weighted by Crippen LogP contribution is 2.06. The molecule has 0 aromatic carbocycles. The van der Waals surface area contributed by atoms with Crippen molar-refractivity contribution < 1.29 is 8.42 Å². The smallest absolute Gasteiger partial charge is 0.152 e. The summed E-state index contributed by atoms with van der Waals surface area (Å²) in [4.78, 5) is 2.18. The van der Waals surface area contributed by atoms with Crippen LogP contribution in [0.25, 0.3) is 0 Å². The first-order chi connectivity index (χ1) is 7.53. The van der Waals surface area contributed by atoms with Crippen molar-refractivity contribution in [1.82, 2.24) is 4.90 Å². The molecule has 0 aliphatic carbocycles. The van der Waals surface area contributed by atoms with E-state index in [9.17, 15) is 8.42 Å². The van der Waals surface area contributed by atoms with Crippen LogP contribution in [0.4, 0.5) is 0 Å². The average Bonchev–Trinajstić information content (AvgIpc) is 2.22. The maximum absolute atomic E-state index is 11.2. The van der Waals surface area contributed by atoms with Crippen LogP contribution in [0.5, 0.6) is 0 Å². The topological polar surface area (TPSA) is 37.4 Å². The van der Waals surface area contributed by atoms with E-state index in [1.165, 1.54) is 5.57 Å². The molecule has 0 spiro atoms. The van der Waals surface area contributed by atoms with E-state index in [0.717, 1.165) is 6.54 Å². The van der Waals surface area contributed by atoms with Crippen molar-refractivity contribution in [3.8, 4) is 0 Å². The van der Waals surface area contributed by atoms with Crippen molar-refractivity contribution in [2.45, 2.75) is 6.92 Å². The molecule has 1 aliphatic heterocycles. The van der Waals surface area contributed by atoms with Crippen molar-refractivity contribution in [2.75, 3.05) is 31.1 Å². The Bertz CT molecular complexity index is 379. The van der Waals surface area contributed by atoms with E-state index in [-0.39, 0.29) is 0 Å². The second kappa shape index (κ2) is 6.01. The van der Waals surface area contributed by atoms with Crippen LogP contribution in [-0.2, 0) is 9.84 Å². The summed E-state index contributed by atoms with van der Waals surface area (Å²) in [7, 11) is -2.76.